The van der Waals surface area contributed by atoms with Gasteiger partial charge < -0.3 is 4.90 Å². The van der Waals surface area contributed by atoms with E-state index < -0.39 is 0 Å². The molecule has 138 valence electrons. The van der Waals surface area contributed by atoms with Crippen LogP contribution in [0, 0.1) is 5.41 Å². The van der Waals surface area contributed by atoms with Gasteiger partial charge in [-0.25, -0.2) is 9.97 Å². The molecule has 1 atom stereocenters. The highest BCUT2D eigenvalue weighted by atomic mass is 15.3. The number of pyridine rings is 1. The van der Waals surface area contributed by atoms with Crippen LogP contribution in [0.4, 0.5) is 5.82 Å². The minimum atomic E-state index is 0.246. The largest absolute Gasteiger partial charge is 0.353 e. The number of hydrogen-bond acceptors (Lipinski definition) is 5. The summed E-state index contributed by atoms with van der Waals surface area (Å²) in [7, 11) is 2.25. The van der Waals surface area contributed by atoms with Gasteiger partial charge in [0.15, 0.2) is 5.82 Å². The van der Waals surface area contributed by atoms with E-state index in [0.29, 0.717) is 6.04 Å². The Balaban J connectivity index is 1.73. The number of aromatic nitrogens is 3. The van der Waals surface area contributed by atoms with Gasteiger partial charge in [0.25, 0.3) is 0 Å². The zero-order chi connectivity index (χ0) is 18.3. The minimum absolute atomic E-state index is 0.246. The SMILES string of the molecule is CN1CCN(c2nc(-c3cccnc3)nc3c2CCC3)CC1C(C)(C)C. The van der Waals surface area contributed by atoms with E-state index in [0.717, 1.165) is 49.7 Å². The molecule has 0 spiro atoms. The van der Waals surface area contributed by atoms with Crippen LogP contribution in [0.15, 0.2) is 24.5 Å². The molecule has 0 saturated carbocycles. The molecule has 0 N–H and O–H groups in total. The van der Waals surface area contributed by atoms with Crippen LogP contribution < -0.4 is 4.90 Å². The van der Waals surface area contributed by atoms with Gasteiger partial charge in [0.05, 0.1) is 0 Å². The summed E-state index contributed by atoms with van der Waals surface area (Å²) in [5.74, 6) is 1.98. The van der Waals surface area contributed by atoms with E-state index in [1.165, 1.54) is 17.7 Å². The van der Waals surface area contributed by atoms with Crippen LogP contribution in [0.25, 0.3) is 11.4 Å². The fourth-order valence-electron chi connectivity index (χ4n) is 4.30. The molecule has 1 saturated heterocycles. The summed E-state index contributed by atoms with van der Waals surface area (Å²) < 4.78 is 0. The highest BCUT2D eigenvalue weighted by Gasteiger charge is 2.35. The lowest BCUT2D eigenvalue weighted by Crippen LogP contribution is -2.56. The molecule has 2 aromatic heterocycles. The first-order chi connectivity index (χ1) is 12.4. The Morgan fingerprint density at radius 1 is 1.12 bits per heavy atom. The molecule has 2 aliphatic rings. The van der Waals surface area contributed by atoms with E-state index in [1.54, 1.807) is 6.20 Å². The number of hydrogen-bond donors (Lipinski definition) is 0. The monoisotopic (exact) mass is 351 g/mol. The van der Waals surface area contributed by atoms with E-state index >= 15 is 0 Å². The molecule has 26 heavy (non-hydrogen) atoms. The van der Waals surface area contributed by atoms with Gasteiger partial charge >= 0.3 is 0 Å². The molecule has 1 fully saturated rings. The van der Waals surface area contributed by atoms with Crippen molar-refractivity contribution < 1.29 is 0 Å². The Hall–Kier alpha value is -2.01. The molecule has 1 aliphatic heterocycles. The minimum Gasteiger partial charge on any atom is -0.353 e. The second-order valence-electron chi connectivity index (χ2n) is 8.70. The molecule has 1 aliphatic carbocycles. The number of aryl methyl sites for hydroxylation is 1. The molecule has 2 aromatic rings. The Morgan fingerprint density at radius 3 is 2.69 bits per heavy atom. The van der Waals surface area contributed by atoms with Crippen LogP contribution in [0.3, 0.4) is 0 Å². The van der Waals surface area contributed by atoms with E-state index in [9.17, 15) is 0 Å². The standard InChI is InChI=1S/C21H29N5/c1-21(2,3)18-14-26(12-11-25(18)4)20-16-8-5-9-17(16)23-19(24-20)15-7-6-10-22-13-15/h6-7,10,13,18H,5,8-9,11-12,14H2,1-4H3. The van der Waals surface area contributed by atoms with Gasteiger partial charge in [0.2, 0.25) is 0 Å². The summed E-state index contributed by atoms with van der Waals surface area (Å²) in [6.45, 7) is 10.1. The van der Waals surface area contributed by atoms with Crippen molar-refractivity contribution in [2.75, 3.05) is 31.6 Å². The Morgan fingerprint density at radius 2 is 1.96 bits per heavy atom. The van der Waals surface area contributed by atoms with Crippen molar-refractivity contribution >= 4 is 5.82 Å². The highest BCUT2D eigenvalue weighted by molar-refractivity contribution is 5.61. The third-order valence-corrected chi connectivity index (χ3v) is 5.78. The van der Waals surface area contributed by atoms with Gasteiger partial charge in [0, 0.05) is 54.9 Å². The third kappa shape index (κ3) is 3.20. The average molecular weight is 351 g/mol. The van der Waals surface area contributed by atoms with Gasteiger partial charge in [-0.05, 0) is 43.9 Å². The zero-order valence-corrected chi connectivity index (χ0v) is 16.4. The molecule has 0 aromatic carbocycles. The van der Waals surface area contributed by atoms with Crippen LogP contribution in [0.5, 0.6) is 0 Å². The first-order valence-electron chi connectivity index (χ1n) is 9.69. The summed E-state index contributed by atoms with van der Waals surface area (Å²) in [5, 5.41) is 0. The smallest absolute Gasteiger partial charge is 0.163 e. The maximum absolute atomic E-state index is 5.04. The number of likely N-dealkylation sites (N-methyl/N-ethyl adjacent to an activating group) is 1. The molecule has 5 heteroatoms. The average Bonchev–Trinajstić information content (AvgIpc) is 3.10. The van der Waals surface area contributed by atoms with Crippen molar-refractivity contribution in [3.63, 3.8) is 0 Å². The first-order valence-corrected chi connectivity index (χ1v) is 9.69. The molecule has 1 unspecified atom stereocenters. The second-order valence-corrected chi connectivity index (χ2v) is 8.70. The maximum atomic E-state index is 5.04. The van der Waals surface area contributed by atoms with Crippen molar-refractivity contribution in [1.82, 2.24) is 19.9 Å². The Bertz CT molecular complexity index is 781. The van der Waals surface area contributed by atoms with Gasteiger partial charge in [0.1, 0.15) is 5.82 Å². The molecular formula is C21H29N5. The Kier molecular flexibility index (Phi) is 4.43. The zero-order valence-electron chi connectivity index (χ0n) is 16.4. The lowest BCUT2D eigenvalue weighted by Gasteiger charge is -2.46. The van der Waals surface area contributed by atoms with E-state index in [1.807, 2.05) is 12.3 Å². The van der Waals surface area contributed by atoms with Gasteiger partial charge in [-0.1, -0.05) is 20.8 Å². The van der Waals surface area contributed by atoms with Crippen molar-refractivity contribution in [1.29, 1.82) is 0 Å². The topological polar surface area (TPSA) is 45.2 Å². The normalized spacial score (nSPS) is 21.1. The highest BCUT2D eigenvalue weighted by Crippen LogP contribution is 2.34. The molecule has 5 nitrogen and oxygen atoms in total. The quantitative estimate of drug-likeness (QED) is 0.831. The summed E-state index contributed by atoms with van der Waals surface area (Å²) in [6, 6.07) is 4.53. The van der Waals surface area contributed by atoms with Crippen LogP contribution in [-0.4, -0.2) is 52.6 Å². The summed E-state index contributed by atoms with van der Waals surface area (Å²) in [6.07, 6.45) is 7.01. The van der Waals surface area contributed by atoms with Crippen molar-refractivity contribution in [3.8, 4) is 11.4 Å². The number of piperazine rings is 1. The van der Waals surface area contributed by atoms with Gasteiger partial charge in [-0.3, -0.25) is 9.88 Å². The van der Waals surface area contributed by atoms with Crippen molar-refractivity contribution in [2.24, 2.45) is 5.41 Å². The predicted molar refractivity (Wildman–Crippen MR) is 105 cm³/mol. The Labute approximate surface area is 156 Å². The fourth-order valence-corrected chi connectivity index (χ4v) is 4.30. The summed E-state index contributed by atoms with van der Waals surface area (Å²) in [4.78, 5) is 19.2. The van der Waals surface area contributed by atoms with Crippen LogP contribution in [0.2, 0.25) is 0 Å². The molecule has 3 heterocycles. The second kappa shape index (κ2) is 6.62. The maximum Gasteiger partial charge on any atom is 0.163 e. The summed E-state index contributed by atoms with van der Waals surface area (Å²) >= 11 is 0. The number of nitrogens with zero attached hydrogens (tertiary/aromatic N) is 5. The molecule has 0 amide bonds. The number of anilines is 1. The predicted octanol–water partition coefficient (Wildman–Crippen LogP) is 3.19. The number of rotatable bonds is 2. The fraction of sp³-hybridized carbons (Fsp3) is 0.571. The van der Waals surface area contributed by atoms with Gasteiger partial charge in [-0.15, -0.1) is 0 Å². The van der Waals surface area contributed by atoms with Crippen molar-refractivity contribution in [3.05, 3.63) is 35.8 Å². The van der Waals surface area contributed by atoms with Gasteiger partial charge in [-0.2, -0.15) is 0 Å². The van der Waals surface area contributed by atoms with E-state index in [2.05, 4.69) is 48.7 Å². The van der Waals surface area contributed by atoms with Crippen molar-refractivity contribution in [2.45, 2.75) is 46.1 Å². The van der Waals surface area contributed by atoms with E-state index in [4.69, 9.17) is 9.97 Å². The lowest BCUT2D eigenvalue weighted by molar-refractivity contribution is 0.112. The number of fused-ring (bicyclic) bond motifs is 1. The first kappa shape index (κ1) is 17.4. The van der Waals surface area contributed by atoms with E-state index in [-0.39, 0.29) is 5.41 Å². The lowest BCUT2D eigenvalue weighted by atomic mass is 9.84. The summed E-state index contributed by atoms with van der Waals surface area (Å²) in [5.41, 5.74) is 3.86. The van der Waals surface area contributed by atoms with Crippen LogP contribution in [-0.2, 0) is 12.8 Å². The molecule has 4 rings (SSSR count). The third-order valence-electron chi connectivity index (χ3n) is 5.78. The molecular weight excluding hydrogens is 322 g/mol. The van der Waals surface area contributed by atoms with Crippen LogP contribution in [0.1, 0.15) is 38.4 Å². The van der Waals surface area contributed by atoms with Crippen LogP contribution >= 0.6 is 0 Å². The molecule has 0 bridgehead atoms. The molecule has 0 radical (unpaired) electrons.